The van der Waals surface area contributed by atoms with E-state index in [2.05, 4.69) is 69.8 Å². The highest BCUT2D eigenvalue weighted by Crippen LogP contribution is 2.32. The first-order chi connectivity index (χ1) is 12.4. The fourth-order valence-electron chi connectivity index (χ4n) is 3.52. The van der Waals surface area contributed by atoms with E-state index in [9.17, 15) is 0 Å². The van der Waals surface area contributed by atoms with Crippen LogP contribution in [0.1, 0.15) is 6.42 Å². The Kier molecular flexibility index (Phi) is 5.00. The predicted molar refractivity (Wildman–Crippen MR) is 109 cm³/mol. The number of hydrogen-bond donors (Lipinski definition) is 4. The molecular formula is C21H26N4. The maximum atomic E-state index is 3.60. The molecule has 0 amide bonds. The van der Waals surface area contributed by atoms with Crippen molar-refractivity contribution in [3.05, 3.63) is 48.5 Å². The van der Waals surface area contributed by atoms with Crippen LogP contribution in [0.4, 0.5) is 11.4 Å². The summed E-state index contributed by atoms with van der Waals surface area (Å²) in [5.74, 6) is 0. The SMILES string of the molecule is c1cc2c3cc4c(cccc4cc3c1)NCCNCCCNCCN2. The number of anilines is 2. The average Bonchev–Trinajstić information content (AvgIpc) is 2.64. The van der Waals surface area contributed by atoms with Gasteiger partial charge in [0.25, 0.3) is 0 Å². The molecule has 0 radical (unpaired) electrons. The average molecular weight is 334 g/mol. The van der Waals surface area contributed by atoms with Gasteiger partial charge in [-0.2, -0.15) is 0 Å². The van der Waals surface area contributed by atoms with E-state index >= 15 is 0 Å². The summed E-state index contributed by atoms with van der Waals surface area (Å²) in [7, 11) is 0. The lowest BCUT2D eigenvalue weighted by atomic mass is 10.0. The van der Waals surface area contributed by atoms with E-state index in [0.717, 1.165) is 45.7 Å². The molecule has 2 bridgehead atoms. The topological polar surface area (TPSA) is 48.1 Å². The summed E-state index contributed by atoms with van der Waals surface area (Å²) in [4.78, 5) is 0. The Morgan fingerprint density at radius 3 is 1.68 bits per heavy atom. The zero-order chi connectivity index (χ0) is 16.9. The molecule has 1 aliphatic heterocycles. The van der Waals surface area contributed by atoms with E-state index in [1.54, 1.807) is 0 Å². The van der Waals surface area contributed by atoms with Crippen molar-refractivity contribution in [1.29, 1.82) is 0 Å². The van der Waals surface area contributed by atoms with Gasteiger partial charge in [0, 0.05) is 48.3 Å². The Morgan fingerprint density at radius 2 is 1.12 bits per heavy atom. The van der Waals surface area contributed by atoms with Crippen molar-refractivity contribution < 1.29 is 0 Å². The molecule has 0 saturated carbocycles. The Bertz CT molecular complexity index is 792. The molecule has 0 aromatic heterocycles. The summed E-state index contributed by atoms with van der Waals surface area (Å²) >= 11 is 0. The molecule has 4 rings (SSSR count). The van der Waals surface area contributed by atoms with Crippen LogP contribution in [0.25, 0.3) is 21.5 Å². The molecule has 1 aliphatic rings. The third-order valence-corrected chi connectivity index (χ3v) is 4.82. The molecule has 1 heterocycles. The lowest BCUT2D eigenvalue weighted by Crippen LogP contribution is -2.28. The molecule has 3 aromatic carbocycles. The van der Waals surface area contributed by atoms with Crippen LogP contribution in [-0.4, -0.2) is 39.3 Å². The molecule has 4 nitrogen and oxygen atoms in total. The van der Waals surface area contributed by atoms with Gasteiger partial charge in [-0.05, 0) is 54.5 Å². The zero-order valence-corrected chi connectivity index (χ0v) is 14.6. The lowest BCUT2D eigenvalue weighted by molar-refractivity contribution is 0.608. The van der Waals surface area contributed by atoms with E-state index in [-0.39, 0.29) is 0 Å². The van der Waals surface area contributed by atoms with Gasteiger partial charge in [-0.15, -0.1) is 0 Å². The minimum absolute atomic E-state index is 0.935. The molecule has 0 unspecified atom stereocenters. The minimum atomic E-state index is 0.935. The van der Waals surface area contributed by atoms with Gasteiger partial charge >= 0.3 is 0 Å². The normalized spacial score (nSPS) is 16.8. The largest absolute Gasteiger partial charge is 0.383 e. The molecule has 0 spiro atoms. The lowest BCUT2D eigenvalue weighted by Gasteiger charge is -2.15. The van der Waals surface area contributed by atoms with Crippen LogP contribution in [0.2, 0.25) is 0 Å². The molecule has 3 aromatic rings. The number of nitrogens with one attached hydrogen (secondary N) is 4. The van der Waals surface area contributed by atoms with Crippen LogP contribution in [-0.2, 0) is 0 Å². The van der Waals surface area contributed by atoms with Crippen LogP contribution >= 0.6 is 0 Å². The highest BCUT2D eigenvalue weighted by molar-refractivity contribution is 6.07. The Morgan fingerprint density at radius 1 is 0.560 bits per heavy atom. The third-order valence-electron chi connectivity index (χ3n) is 4.82. The maximum Gasteiger partial charge on any atom is 0.0420 e. The third kappa shape index (κ3) is 3.70. The molecule has 4 N–H and O–H groups in total. The summed E-state index contributed by atoms with van der Waals surface area (Å²) in [5.41, 5.74) is 2.43. The van der Waals surface area contributed by atoms with Crippen molar-refractivity contribution in [2.45, 2.75) is 6.42 Å². The zero-order valence-electron chi connectivity index (χ0n) is 14.6. The fraction of sp³-hybridized carbons (Fsp3) is 0.333. The quantitative estimate of drug-likeness (QED) is 0.476. The summed E-state index contributed by atoms with van der Waals surface area (Å²) < 4.78 is 0. The molecule has 0 saturated heterocycles. The standard InChI is InChI=1S/C21H26N4/c1-4-16-14-17-5-2-7-21-19(17)15-18(16)20(6-1)24-12-10-22-8-3-9-23-11-13-25-21/h1-2,4-7,14-15,22-25H,3,8-13H2. The van der Waals surface area contributed by atoms with Gasteiger partial charge in [0.2, 0.25) is 0 Å². The van der Waals surface area contributed by atoms with Crippen molar-refractivity contribution in [1.82, 2.24) is 10.6 Å². The fourth-order valence-corrected chi connectivity index (χ4v) is 3.52. The molecule has 0 aliphatic carbocycles. The molecule has 0 fully saturated rings. The van der Waals surface area contributed by atoms with Gasteiger partial charge in [0.1, 0.15) is 0 Å². The second kappa shape index (κ2) is 7.72. The summed E-state index contributed by atoms with van der Waals surface area (Å²) in [6.45, 7) is 5.95. The summed E-state index contributed by atoms with van der Waals surface area (Å²) in [5, 5.41) is 19.3. The number of benzene rings is 3. The predicted octanol–water partition coefficient (Wildman–Crippen LogP) is 3.40. The van der Waals surface area contributed by atoms with Crippen LogP contribution in [0.3, 0.4) is 0 Å². The molecular weight excluding hydrogens is 308 g/mol. The van der Waals surface area contributed by atoms with E-state index in [4.69, 9.17) is 0 Å². The molecule has 4 heteroatoms. The van der Waals surface area contributed by atoms with Gasteiger partial charge < -0.3 is 21.3 Å². The first kappa shape index (κ1) is 16.2. The Balaban J connectivity index is 1.75. The highest BCUT2D eigenvalue weighted by Gasteiger charge is 2.06. The highest BCUT2D eigenvalue weighted by atomic mass is 15.0. The van der Waals surface area contributed by atoms with Crippen molar-refractivity contribution >= 4 is 32.9 Å². The van der Waals surface area contributed by atoms with Gasteiger partial charge in [-0.1, -0.05) is 24.3 Å². The maximum absolute atomic E-state index is 3.60. The number of hydrogen-bond acceptors (Lipinski definition) is 4. The Hall–Kier alpha value is -2.30. The van der Waals surface area contributed by atoms with Gasteiger partial charge in [0.05, 0.1) is 0 Å². The van der Waals surface area contributed by atoms with E-state index in [1.165, 1.54) is 32.9 Å². The van der Waals surface area contributed by atoms with Crippen LogP contribution in [0.15, 0.2) is 48.5 Å². The van der Waals surface area contributed by atoms with Gasteiger partial charge in [0.15, 0.2) is 0 Å². The van der Waals surface area contributed by atoms with Crippen molar-refractivity contribution in [3.8, 4) is 0 Å². The van der Waals surface area contributed by atoms with E-state index in [0.29, 0.717) is 0 Å². The smallest absolute Gasteiger partial charge is 0.0420 e. The molecule has 0 atom stereocenters. The van der Waals surface area contributed by atoms with Crippen LogP contribution in [0, 0.1) is 0 Å². The molecule has 130 valence electrons. The van der Waals surface area contributed by atoms with Crippen LogP contribution in [0.5, 0.6) is 0 Å². The minimum Gasteiger partial charge on any atom is -0.383 e. The summed E-state index contributed by atoms with van der Waals surface area (Å²) in [6, 6.07) is 17.6. The first-order valence-corrected chi connectivity index (χ1v) is 9.26. The van der Waals surface area contributed by atoms with Gasteiger partial charge in [-0.25, -0.2) is 0 Å². The van der Waals surface area contributed by atoms with Crippen molar-refractivity contribution in [2.24, 2.45) is 0 Å². The van der Waals surface area contributed by atoms with Crippen molar-refractivity contribution in [3.63, 3.8) is 0 Å². The number of rotatable bonds is 0. The van der Waals surface area contributed by atoms with Crippen molar-refractivity contribution in [2.75, 3.05) is 49.9 Å². The summed E-state index contributed by atoms with van der Waals surface area (Å²) in [6.07, 6.45) is 1.16. The molecule has 25 heavy (non-hydrogen) atoms. The second-order valence-electron chi connectivity index (χ2n) is 6.61. The van der Waals surface area contributed by atoms with E-state index < -0.39 is 0 Å². The second-order valence-corrected chi connectivity index (χ2v) is 6.61. The first-order valence-electron chi connectivity index (χ1n) is 9.26. The van der Waals surface area contributed by atoms with Gasteiger partial charge in [-0.3, -0.25) is 0 Å². The van der Waals surface area contributed by atoms with E-state index in [1.807, 2.05) is 0 Å². The monoisotopic (exact) mass is 334 g/mol. The Labute approximate surface area is 149 Å². The van der Waals surface area contributed by atoms with Crippen LogP contribution < -0.4 is 21.3 Å².